The Bertz CT molecular complexity index is 164. The normalized spacial score (nSPS) is 28.5. The summed E-state index contributed by atoms with van der Waals surface area (Å²) in [6.45, 7) is 2.43. The van der Waals surface area contributed by atoms with Gasteiger partial charge in [-0.2, -0.15) is 0 Å². The highest BCUT2D eigenvalue weighted by Crippen LogP contribution is 2.12. The molecule has 76 valence electrons. The van der Waals surface area contributed by atoms with Crippen molar-refractivity contribution in [3.8, 4) is 0 Å². The molecule has 0 aromatic carbocycles. The van der Waals surface area contributed by atoms with Gasteiger partial charge < -0.3 is 15.2 Å². The van der Waals surface area contributed by atoms with Gasteiger partial charge in [0.25, 0.3) is 0 Å². The van der Waals surface area contributed by atoms with E-state index in [9.17, 15) is 4.79 Å². The molecule has 2 N–H and O–H groups in total. The van der Waals surface area contributed by atoms with Crippen LogP contribution in [0.1, 0.15) is 26.2 Å². The van der Waals surface area contributed by atoms with Crippen LogP contribution in [0.15, 0.2) is 0 Å². The zero-order chi connectivity index (χ0) is 9.68. The van der Waals surface area contributed by atoms with E-state index in [-0.39, 0.29) is 24.7 Å². The molecule has 0 spiro atoms. The fraction of sp³-hybridized carbons (Fsp3) is 0.889. The number of aliphatic hydroxyl groups is 1. The number of hydrogen-bond donors (Lipinski definition) is 2. The van der Waals surface area contributed by atoms with Crippen LogP contribution in [0.5, 0.6) is 0 Å². The first-order valence-electron chi connectivity index (χ1n) is 4.78. The average molecular weight is 187 g/mol. The first-order chi connectivity index (χ1) is 6.26. The lowest BCUT2D eigenvalue weighted by Gasteiger charge is -2.28. The molecule has 0 saturated carbocycles. The first kappa shape index (κ1) is 10.5. The third-order valence-electron chi connectivity index (χ3n) is 2.26. The molecule has 2 atom stereocenters. The number of amides is 1. The summed E-state index contributed by atoms with van der Waals surface area (Å²) < 4.78 is 5.32. The molecule has 1 amide bonds. The number of aliphatic hydroxyl groups excluding tert-OH is 1. The van der Waals surface area contributed by atoms with Crippen LogP contribution in [0.3, 0.4) is 0 Å². The Morgan fingerprint density at radius 2 is 2.38 bits per heavy atom. The third kappa shape index (κ3) is 3.32. The summed E-state index contributed by atoms with van der Waals surface area (Å²) >= 11 is 0. The van der Waals surface area contributed by atoms with Crippen LogP contribution in [-0.4, -0.2) is 36.4 Å². The monoisotopic (exact) mass is 187 g/mol. The predicted octanol–water partition coefficient (Wildman–Crippen LogP) is 0.0525. The quantitative estimate of drug-likeness (QED) is 0.656. The molecule has 0 aromatic heterocycles. The van der Waals surface area contributed by atoms with Crippen molar-refractivity contribution in [1.29, 1.82) is 0 Å². The smallest absolute Gasteiger partial charge is 0.220 e. The second kappa shape index (κ2) is 5.19. The van der Waals surface area contributed by atoms with E-state index in [1.54, 1.807) is 0 Å². The molecule has 0 aromatic rings. The van der Waals surface area contributed by atoms with Crippen LogP contribution in [0.25, 0.3) is 0 Å². The molecular weight excluding hydrogens is 170 g/mol. The van der Waals surface area contributed by atoms with Gasteiger partial charge in [-0.1, -0.05) is 6.92 Å². The predicted molar refractivity (Wildman–Crippen MR) is 48.3 cm³/mol. The van der Waals surface area contributed by atoms with E-state index in [4.69, 9.17) is 9.84 Å². The Hall–Kier alpha value is -0.610. The van der Waals surface area contributed by atoms with Crippen molar-refractivity contribution in [2.24, 2.45) is 0 Å². The van der Waals surface area contributed by atoms with Crippen LogP contribution in [0.2, 0.25) is 0 Å². The summed E-state index contributed by atoms with van der Waals surface area (Å²) in [6, 6.07) is 0.134. The second-order valence-electron chi connectivity index (χ2n) is 3.33. The third-order valence-corrected chi connectivity index (χ3v) is 2.26. The van der Waals surface area contributed by atoms with E-state index >= 15 is 0 Å². The second-order valence-corrected chi connectivity index (χ2v) is 3.33. The van der Waals surface area contributed by atoms with Crippen LogP contribution in [0, 0.1) is 0 Å². The maximum absolute atomic E-state index is 11.0. The first-order valence-corrected chi connectivity index (χ1v) is 4.78. The molecule has 0 unspecified atom stereocenters. The minimum Gasteiger partial charge on any atom is -0.394 e. The van der Waals surface area contributed by atoms with E-state index in [0.717, 1.165) is 12.8 Å². The highest BCUT2D eigenvalue weighted by Gasteiger charge is 2.21. The van der Waals surface area contributed by atoms with Gasteiger partial charge in [-0.05, 0) is 12.8 Å². The zero-order valence-corrected chi connectivity index (χ0v) is 7.95. The molecule has 4 heteroatoms. The summed E-state index contributed by atoms with van der Waals surface area (Å²) in [5.41, 5.74) is 0. The maximum Gasteiger partial charge on any atom is 0.220 e. The van der Waals surface area contributed by atoms with E-state index in [1.165, 1.54) is 0 Å². The maximum atomic E-state index is 11.0. The Kier molecular flexibility index (Phi) is 4.18. The molecule has 0 aliphatic carbocycles. The zero-order valence-electron chi connectivity index (χ0n) is 7.95. The van der Waals surface area contributed by atoms with Crippen molar-refractivity contribution in [3.63, 3.8) is 0 Å². The standard InChI is InChI=1S/C9H17NO3/c1-2-9(12)10-7-3-4-8(5-11)13-6-7/h7-8,11H,2-6H2,1H3,(H,10,12)/t7-,8+/m1/s1. The van der Waals surface area contributed by atoms with Crippen LogP contribution >= 0.6 is 0 Å². The van der Waals surface area contributed by atoms with Crippen molar-refractivity contribution >= 4 is 5.91 Å². The van der Waals surface area contributed by atoms with Gasteiger partial charge >= 0.3 is 0 Å². The van der Waals surface area contributed by atoms with Gasteiger partial charge in [-0.3, -0.25) is 4.79 Å². The highest BCUT2D eigenvalue weighted by atomic mass is 16.5. The van der Waals surface area contributed by atoms with Gasteiger partial charge in [0.15, 0.2) is 0 Å². The van der Waals surface area contributed by atoms with Gasteiger partial charge in [0.2, 0.25) is 5.91 Å². The molecule has 4 nitrogen and oxygen atoms in total. The van der Waals surface area contributed by atoms with E-state index in [0.29, 0.717) is 13.0 Å². The molecule has 1 aliphatic heterocycles. The van der Waals surface area contributed by atoms with Crippen molar-refractivity contribution in [3.05, 3.63) is 0 Å². The van der Waals surface area contributed by atoms with E-state index in [2.05, 4.69) is 5.32 Å². The van der Waals surface area contributed by atoms with Gasteiger partial charge in [0, 0.05) is 6.42 Å². The van der Waals surface area contributed by atoms with Crippen molar-refractivity contribution in [1.82, 2.24) is 5.32 Å². The number of nitrogens with one attached hydrogen (secondary N) is 1. The topological polar surface area (TPSA) is 58.6 Å². The molecule has 0 bridgehead atoms. The van der Waals surface area contributed by atoms with Crippen molar-refractivity contribution < 1.29 is 14.6 Å². The van der Waals surface area contributed by atoms with Gasteiger partial charge in [-0.15, -0.1) is 0 Å². The molecule has 13 heavy (non-hydrogen) atoms. The fourth-order valence-electron chi connectivity index (χ4n) is 1.39. The number of ether oxygens (including phenoxy) is 1. The molecule has 1 aliphatic rings. The van der Waals surface area contributed by atoms with E-state index in [1.807, 2.05) is 6.92 Å². The fourth-order valence-corrected chi connectivity index (χ4v) is 1.39. The molecule has 1 saturated heterocycles. The number of hydrogen-bond acceptors (Lipinski definition) is 3. The summed E-state index contributed by atoms with van der Waals surface area (Å²) in [5.74, 6) is 0.0658. The summed E-state index contributed by atoms with van der Waals surface area (Å²) in [4.78, 5) is 11.0. The van der Waals surface area contributed by atoms with Crippen molar-refractivity contribution in [2.45, 2.75) is 38.3 Å². The molecule has 1 rings (SSSR count). The van der Waals surface area contributed by atoms with Gasteiger partial charge in [-0.25, -0.2) is 0 Å². The Balaban J connectivity index is 2.21. The molecule has 0 radical (unpaired) electrons. The number of carbonyl (C=O) groups excluding carboxylic acids is 1. The van der Waals surface area contributed by atoms with E-state index < -0.39 is 0 Å². The minimum absolute atomic E-state index is 0.0326. The van der Waals surface area contributed by atoms with Crippen molar-refractivity contribution in [2.75, 3.05) is 13.2 Å². The summed E-state index contributed by atoms with van der Waals surface area (Å²) in [7, 11) is 0. The largest absolute Gasteiger partial charge is 0.394 e. The Morgan fingerprint density at radius 3 is 2.85 bits per heavy atom. The van der Waals surface area contributed by atoms with Crippen LogP contribution in [-0.2, 0) is 9.53 Å². The Morgan fingerprint density at radius 1 is 1.62 bits per heavy atom. The van der Waals surface area contributed by atoms with Crippen LogP contribution in [0.4, 0.5) is 0 Å². The van der Waals surface area contributed by atoms with Crippen LogP contribution < -0.4 is 5.32 Å². The SMILES string of the molecule is CCC(=O)N[C@@H]1CC[C@@H](CO)OC1. The van der Waals surface area contributed by atoms with Gasteiger partial charge in [0.05, 0.1) is 25.4 Å². The summed E-state index contributed by atoms with van der Waals surface area (Å²) in [6.07, 6.45) is 2.21. The lowest BCUT2D eigenvalue weighted by molar-refractivity contribution is -0.123. The average Bonchev–Trinajstić information content (AvgIpc) is 2.19. The minimum atomic E-state index is -0.0326. The summed E-state index contributed by atoms with van der Waals surface area (Å²) in [5, 5.41) is 11.7. The number of rotatable bonds is 3. The number of carbonyl (C=O) groups is 1. The van der Waals surface area contributed by atoms with Gasteiger partial charge in [0.1, 0.15) is 0 Å². The lowest BCUT2D eigenvalue weighted by Crippen LogP contribution is -2.43. The highest BCUT2D eigenvalue weighted by molar-refractivity contribution is 5.75. The molecule has 1 heterocycles. The Labute approximate surface area is 78.3 Å². The lowest BCUT2D eigenvalue weighted by atomic mass is 10.1. The molecule has 1 fully saturated rings. The molecular formula is C9H17NO3.